The molecule has 0 unspecified atom stereocenters. The molecule has 3 N–H and O–H groups in total. The van der Waals surface area contributed by atoms with Gasteiger partial charge < -0.3 is 10.8 Å². The highest BCUT2D eigenvalue weighted by molar-refractivity contribution is 6.31. The van der Waals surface area contributed by atoms with Gasteiger partial charge in [0.2, 0.25) is 0 Å². The average Bonchev–Trinajstić information content (AvgIpc) is 2.14. The number of aliphatic hydroxyl groups excluding tert-OH is 1. The number of hydrogen-bond donors (Lipinski definition) is 2. The normalized spacial score (nSPS) is 15.9. The van der Waals surface area contributed by atoms with Crippen molar-refractivity contribution in [2.24, 2.45) is 5.73 Å². The van der Waals surface area contributed by atoms with E-state index in [-0.39, 0.29) is 10.6 Å². The monoisotopic (exact) mass is 257 g/mol. The van der Waals surface area contributed by atoms with Crippen LogP contribution in [0.4, 0.5) is 17.6 Å². The Balaban J connectivity index is 3.01. The molecule has 0 spiro atoms. The van der Waals surface area contributed by atoms with Crippen molar-refractivity contribution in [1.29, 1.82) is 0 Å². The number of benzene rings is 1. The lowest BCUT2D eigenvalue weighted by molar-refractivity contribution is -0.210. The van der Waals surface area contributed by atoms with Gasteiger partial charge in [0.1, 0.15) is 5.82 Å². The van der Waals surface area contributed by atoms with Gasteiger partial charge in [-0.25, -0.2) is 4.39 Å². The molecular weight excluding hydrogens is 250 g/mol. The number of rotatable bonds is 2. The Morgan fingerprint density at radius 2 is 1.88 bits per heavy atom. The maximum Gasteiger partial charge on any atom is 0.416 e. The highest BCUT2D eigenvalue weighted by Gasteiger charge is 2.43. The van der Waals surface area contributed by atoms with Crippen LogP contribution in [-0.2, 0) is 0 Å². The molecule has 0 bridgehead atoms. The lowest BCUT2D eigenvalue weighted by atomic mass is 10.0. The molecule has 0 amide bonds. The molecule has 0 radical (unpaired) electrons. The van der Waals surface area contributed by atoms with E-state index in [0.29, 0.717) is 0 Å². The molecule has 1 aromatic carbocycles. The molecule has 0 saturated heterocycles. The molecule has 2 nitrogen and oxygen atoms in total. The van der Waals surface area contributed by atoms with E-state index in [2.05, 4.69) is 0 Å². The predicted molar refractivity (Wildman–Crippen MR) is 50.4 cm³/mol. The van der Waals surface area contributed by atoms with Crippen molar-refractivity contribution in [3.05, 3.63) is 34.6 Å². The summed E-state index contributed by atoms with van der Waals surface area (Å²) in [7, 11) is 0. The fourth-order valence-corrected chi connectivity index (χ4v) is 1.44. The maximum atomic E-state index is 12.6. The van der Waals surface area contributed by atoms with Gasteiger partial charge in [-0.2, -0.15) is 13.2 Å². The number of hydrogen-bond acceptors (Lipinski definition) is 2. The highest BCUT2D eigenvalue weighted by Crippen LogP contribution is 2.31. The minimum Gasteiger partial charge on any atom is -0.382 e. The second-order valence-electron chi connectivity index (χ2n) is 3.18. The van der Waals surface area contributed by atoms with Crippen LogP contribution < -0.4 is 5.73 Å². The van der Waals surface area contributed by atoms with Crippen molar-refractivity contribution in [1.82, 2.24) is 0 Å². The molecule has 2 atom stereocenters. The standard InChI is InChI=1S/C9H8ClF4NO/c10-6-3-4(11)1-2-5(6)7(15)8(16)9(12,13)14/h1-3,7-8,16H,15H2/t7-,8-/m0/s1. The van der Waals surface area contributed by atoms with E-state index in [9.17, 15) is 17.6 Å². The zero-order valence-corrected chi connectivity index (χ0v) is 8.56. The van der Waals surface area contributed by atoms with Gasteiger partial charge in [-0.05, 0) is 17.7 Å². The molecule has 0 aromatic heterocycles. The van der Waals surface area contributed by atoms with Crippen LogP contribution >= 0.6 is 11.6 Å². The van der Waals surface area contributed by atoms with E-state index in [1.54, 1.807) is 0 Å². The zero-order valence-electron chi connectivity index (χ0n) is 7.80. The summed E-state index contributed by atoms with van der Waals surface area (Å²) in [6, 6.07) is 1.02. The average molecular weight is 258 g/mol. The third-order valence-electron chi connectivity index (χ3n) is 2.00. The summed E-state index contributed by atoms with van der Waals surface area (Å²) in [5.41, 5.74) is 5.04. The fourth-order valence-electron chi connectivity index (χ4n) is 1.15. The molecule has 1 aromatic rings. The summed E-state index contributed by atoms with van der Waals surface area (Å²) in [5, 5.41) is 8.65. The first kappa shape index (κ1) is 13.2. The second kappa shape index (κ2) is 4.57. The lowest BCUT2D eigenvalue weighted by Gasteiger charge is -2.22. The number of nitrogens with two attached hydrogens (primary N) is 1. The molecule has 16 heavy (non-hydrogen) atoms. The van der Waals surface area contributed by atoms with Gasteiger partial charge in [0.15, 0.2) is 6.10 Å². The van der Waals surface area contributed by atoms with E-state index >= 15 is 0 Å². The second-order valence-corrected chi connectivity index (χ2v) is 3.59. The van der Waals surface area contributed by atoms with Gasteiger partial charge in [-0.3, -0.25) is 0 Å². The number of aliphatic hydroxyl groups is 1. The quantitative estimate of drug-likeness (QED) is 0.799. The third-order valence-corrected chi connectivity index (χ3v) is 2.32. The molecule has 0 aliphatic heterocycles. The number of alkyl halides is 3. The molecule has 1 rings (SSSR count). The SMILES string of the molecule is N[C@@H](c1ccc(F)cc1Cl)[C@H](O)C(F)(F)F. The number of halogens is 5. The predicted octanol–water partition coefficient (Wildman–Crippen LogP) is 2.40. The van der Waals surface area contributed by atoms with Crippen LogP contribution in [0.15, 0.2) is 18.2 Å². The van der Waals surface area contributed by atoms with Crippen LogP contribution in [0.2, 0.25) is 5.02 Å². The van der Waals surface area contributed by atoms with Crippen LogP contribution in [-0.4, -0.2) is 17.4 Å². The summed E-state index contributed by atoms with van der Waals surface area (Å²) < 4.78 is 49.1. The van der Waals surface area contributed by atoms with Crippen LogP contribution in [0.25, 0.3) is 0 Å². The molecule has 0 aliphatic rings. The van der Waals surface area contributed by atoms with Gasteiger partial charge >= 0.3 is 6.18 Å². The van der Waals surface area contributed by atoms with Crippen molar-refractivity contribution >= 4 is 11.6 Å². The van der Waals surface area contributed by atoms with Crippen molar-refractivity contribution < 1.29 is 22.7 Å². The Kier molecular flexibility index (Phi) is 3.77. The molecule has 0 aliphatic carbocycles. The maximum absolute atomic E-state index is 12.6. The molecule has 90 valence electrons. The first-order valence-corrected chi connectivity index (χ1v) is 4.56. The first-order valence-electron chi connectivity index (χ1n) is 4.19. The fraction of sp³-hybridized carbons (Fsp3) is 0.333. The van der Waals surface area contributed by atoms with Gasteiger partial charge in [-0.1, -0.05) is 17.7 Å². The Hall–Kier alpha value is -0.850. The Morgan fingerprint density at radius 3 is 2.31 bits per heavy atom. The van der Waals surface area contributed by atoms with Crippen molar-refractivity contribution in [3.63, 3.8) is 0 Å². The van der Waals surface area contributed by atoms with Gasteiger partial charge in [0.05, 0.1) is 6.04 Å². The van der Waals surface area contributed by atoms with Crippen molar-refractivity contribution in [2.45, 2.75) is 18.3 Å². The zero-order chi connectivity index (χ0) is 12.5. The first-order chi connectivity index (χ1) is 7.23. The van der Waals surface area contributed by atoms with E-state index in [1.807, 2.05) is 0 Å². The van der Waals surface area contributed by atoms with Crippen molar-refractivity contribution in [3.8, 4) is 0 Å². The van der Waals surface area contributed by atoms with Crippen molar-refractivity contribution in [2.75, 3.05) is 0 Å². The topological polar surface area (TPSA) is 46.2 Å². The third kappa shape index (κ3) is 2.84. The molecule has 0 fully saturated rings. The minimum atomic E-state index is -4.85. The van der Waals surface area contributed by atoms with Gasteiger partial charge in [-0.15, -0.1) is 0 Å². The highest BCUT2D eigenvalue weighted by atomic mass is 35.5. The Labute approximate surface area is 93.6 Å². The molecule has 0 heterocycles. The summed E-state index contributed by atoms with van der Waals surface area (Å²) >= 11 is 5.52. The summed E-state index contributed by atoms with van der Waals surface area (Å²) in [5.74, 6) is -0.692. The lowest BCUT2D eigenvalue weighted by Crippen LogP contribution is -2.39. The van der Waals surface area contributed by atoms with Crippen LogP contribution in [0, 0.1) is 5.82 Å². The van der Waals surface area contributed by atoms with Gasteiger partial charge in [0.25, 0.3) is 0 Å². The minimum absolute atomic E-state index is 0.159. The molecule has 0 saturated carbocycles. The van der Waals surface area contributed by atoms with Crippen LogP contribution in [0.3, 0.4) is 0 Å². The van der Waals surface area contributed by atoms with E-state index in [0.717, 1.165) is 18.2 Å². The summed E-state index contributed by atoms with van der Waals surface area (Å²) in [6.07, 6.45) is -7.59. The largest absolute Gasteiger partial charge is 0.416 e. The molecule has 7 heteroatoms. The molecular formula is C9H8ClF4NO. The van der Waals surface area contributed by atoms with E-state index in [4.69, 9.17) is 22.4 Å². The van der Waals surface area contributed by atoms with E-state index < -0.39 is 24.1 Å². The van der Waals surface area contributed by atoms with E-state index in [1.165, 1.54) is 0 Å². The Bertz CT molecular complexity index is 382. The Morgan fingerprint density at radius 1 is 1.31 bits per heavy atom. The van der Waals surface area contributed by atoms with Gasteiger partial charge in [0, 0.05) is 5.02 Å². The van der Waals surface area contributed by atoms with Crippen LogP contribution in [0.1, 0.15) is 11.6 Å². The summed E-state index contributed by atoms with van der Waals surface area (Å²) in [4.78, 5) is 0. The van der Waals surface area contributed by atoms with Crippen LogP contribution in [0.5, 0.6) is 0 Å². The smallest absolute Gasteiger partial charge is 0.382 e. The summed E-state index contributed by atoms with van der Waals surface area (Å²) in [6.45, 7) is 0.